The summed E-state index contributed by atoms with van der Waals surface area (Å²) in [7, 11) is 0. The number of hydrogen-bond acceptors (Lipinski definition) is 3. The summed E-state index contributed by atoms with van der Waals surface area (Å²) in [6.45, 7) is 2.35. The van der Waals surface area contributed by atoms with Crippen LogP contribution in [-0.4, -0.2) is 49.8 Å². The molecule has 10 heteroatoms. The van der Waals surface area contributed by atoms with E-state index in [0.29, 0.717) is 31.7 Å². The predicted molar refractivity (Wildman–Crippen MR) is 80.5 cm³/mol. The van der Waals surface area contributed by atoms with Gasteiger partial charge in [-0.2, -0.15) is 30.7 Å². The Morgan fingerprint density at radius 3 is 2.08 bits per heavy atom. The Labute approximate surface area is 146 Å². The first kappa shape index (κ1) is 20.8. The molecule has 2 rings (SSSR count). The normalized spacial score (nSPS) is 18.2. The summed E-state index contributed by atoms with van der Waals surface area (Å²) in [5.74, 6) is -0.478. The molecule has 1 heterocycles. The van der Waals surface area contributed by atoms with Gasteiger partial charge in [-0.3, -0.25) is 4.90 Å². The van der Waals surface area contributed by atoms with Crippen LogP contribution in [0.4, 0.5) is 30.7 Å². The van der Waals surface area contributed by atoms with Crippen molar-refractivity contribution in [2.24, 2.45) is 0 Å². The Balaban J connectivity index is 2.13. The number of rotatable bonds is 7. The topological polar surface area (TPSA) is 24.5 Å². The number of piperazine rings is 1. The molecule has 1 atom stereocenters. The number of hydrogen-bond donors (Lipinski definition) is 1. The summed E-state index contributed by atoms with van der Waals surface area (Å²) < 4.78 is 92.0. The monoisotopic (exact) mass is 388 g/mol. The number of halogens is 7. The average Bonchev–Trinajstić information content (AvgIpc) is 2.56. The summed E-state index contributed by atoms with van der Waals surface area (Å²) in [5.41, 5.74) is 0.490. The molecule has 0 aliphatic carbocycles. The van der Waals surface area contributed by atoms with Gasteiger partial charge >= 0.3 is 18.7 Å². The molecule has 0 spiro atoms. The van der Waals surface area contributed by atoms with Gasteiger partial charge in [0.05, 0.1) is 0 Å². The number of ether oxygens (including phenoxy) is 1. The summed E-state index contributed by atoms with van der Waals surface area (Å²) >= 11 is 0. The summed E-state index contributed by atoms with van der Waals surface area (Å²) in [6.07, 6.45) is -14.1. The van der Waals surface area contributed by atoms with Gasteiger partial charge in [0.1, 0.15) is 5.75 Å². The first-order valence-electron chi connectivity index (χ1n) is 8.05. The largest absolute Gasteiger partial charge is 0.461 e. The molecule has 1 aliphatic rings. The summed E-state index contributed by atoms with van der Waals surface area (Å²) in [5, 5.41) is 3.10. The molecule has 0 unspecified atom stereocenters. The quantitative estimate of drug-likeness (QED) is 0.709. The molecule has 1 aromatic carbocycles. The minimum atomic E-state index is -4.63. The van der Waals surface area contributed by atoms with Gasteiger partial charge in [0.15, 0.2) is 0 Å². The molecule has 1 aromatic rings. The fraction of sp³-hybridized carbons (Fsp3) is 0.625. The van der Waals surface area contributed by atoms with E-state index in [0.717, 1.165) is 12.1 Å². The van der Waals surface area contributed by atoms with E-state index in [-0.39, 0.29) is 6.42 Å². The second-order valence-electron chi connectivity index (χ2n) is 5.99. The van der Waals surface area contributed by atoms with Crippen LogP contribution in [0.5, 0.6) is 5.75 Å². The van der Waals surface area contributed by atoms with E-state index in [4.69, 9.17) is 0 Å². The van der Waals surface area contributed by atoms with Crippen LogP contribution in [0.25, 0.3) is 0 Å². The lowest BCUT2D eigenvalue weighted by molar-refractivity contribution is -0.253. The zero-order valence-electron chi connectivity index (χ0n) is 13.7. The van der Waals surface area contributed by atoms with Crippen molar-refractivity contribution in [2.45, 2.75) is 37.6 Å². The van der Waals surface area contributed by atoms with Gasteiger partial charge in [0.2, 0.25) is 0 Å². The van der Waals surface area contributed by atoms with Crippen LogP contribution >= 0.6 is 0 Å². The third kappa shape index (κ3) is 6.01. The first-order chi connectivity index (χ1) is 12.1. The molecule has 0 radical (unpaired) electrons. The Morgan fingerprint density at radius 2 is 1.58 bits per heavy atom. The molecule has 3 nitrogen and oxygen atoms in total. The molecule has 1 N–H and O–H groups in total. The molecule has 0 bridgehead atoms. The molecule has 0 aromatic heterocycles. The summed E-state index contributed by atoms with van der Waals surface area (Å²) in [4.78, 5) is 1.88. The zero-order chi connectivity index (χ0) is 19.4. The molecule has 1 fully saturated rings. The van der Waals surface area contributed by atoms with Crippen molar-refractivity contribution in [3.8, 4) is 5.75 Å². The highest BCUT2D eigenvalue weighted by Gasteiger charge is 2.44. The Bertz CT molecular complexity index is 557. The van der Waals surface area contributed by atoms with E-state index in [1.54, 1.807) is 0 Å². The third-order valence-electron chi connectivity index (χ3n) is 4.07. The van der Waals surface area contributed by atoms with Crippen molar-refractivity contribution >= 4 is 0 Å². The SMILES string of the molecule is FC(F)C(F)(F)Oc1ccc([C@H](CCC(F)(F)F)N2CCNCC2)cc1. The van der Waals surface area contributed by atoms with Crippen molar-refractivity contribution in [1.29, 1.82) is 0 Å². The minimum absolute atomic E-state index is 0.184. The standard InChI is InChI=1S/C16H19F7N2O/c17-14(18)16(22,23)26-12-3-1-11(2-4-12)13(5-6-15(19,20)21)25-9-7-24-8-10-25/h1-4,13-14,24H,5-10H2/t13-/m0/s1. The van der Waals surface area contributed by atoms with Crippen molar-refractivity contribution in [3.05, 3.63) is 29.8 Å². The van der Waals surface area contributed by atoms with Crippen molar-refractivity contribution in [2.75, 3.05) is 26.2 Å². The first-order valence-corrected chi connectivity index (χ1v) is 8.05. The van der Waals surface area contributed by atoms with Crippen molar-refractivity contribution in [1.82, 2.24) is 10.2 Å². The van der Waals surface area contributed by atoms with Crippen LogP contribution < -0.4 is 10.1 Å². The molecule has 0 saturated carbocycles. The Morgan fingerprint density at radius 1 is 1.00 bits per heavy atom. The highest BCUT2D eigenvalue weighted by molar-refractivity contribution is 5.29. The van der Waals surface area contributed by atoms with Gasteiger partial charge in [-0.15, -0.1) is 0 Å². The fourth-order valence-electron chi connectivity index (χ4n) is 2.81. The number of nitrogens with one attached hydrogen (secondary N) is 1. The molecule has 0 amide bonds. The van der Waals surface area contributed by atoms with Crippen molar-refractivity contribution in [3.63, 3.8) is 0 Å². The second-order valence-corrected chi connectivity index (χ2v) is 5.99. The molecular weight excluding hydrogens is 369 g/mol. The van der Waals surface area contributed by atoms with Crippen LogP contribution in [0.3, 0.4) is 0 Å². The van der Waals surface area contributed by atoms with E-state index in [9.17, 15) is 30.7 Å². The van der Waals surface area contributed by atoms with Gasteiger partial charge in [-0.1, -0.05) is 12.1 Å². The second kappa shape index (κ2) is 8.43. The highest BCUT2D eigenvalue weighted by atomic mass is 19.4. The molecule has 148 valence electrons. The molecular formula is C16H19F7N2O. The van der Waals surface area contributed by atoms with E-state index >= 15 is 0 Å². The number of benzene rings is 1. The molecule has 26 heavy (non-hydrogen) atoms. The van der Waals surface area contributed by atoms with Gasteiger partial charge in [-0.25, -0.2) is 0 Å². The van der Waals surface area contributed by atoms with Gasteiger partial charge in [-0.05, 0) is 24.1 Å². The van der Waals surface area contributed by atoms with Crippen LogP contribution in [0.1, 0.15) is 24.4 Å². The van der Waals surface area contributed by atoms with Crippen LogP contribution in [-0.2, 0) is 0 Å². The van der Waals surface area contributed by atoms with Crippen LogP contribution in [0.2, 0.25) is 0 Å². The minimum Gasteiger partial charge on any atom is -0.428 e. The lowest BCUT2D eigenvalue weighted by Gasteiger charge is -2.35. The van der Waals surface area contributed by atoms with E-state index < -0.39 is 36.9 Å². The number of nitrogens with zero attached hydrogens (tertiary/aromatic N) is 1. The zero-order valence-corrected chi connectivity index (χ0v) is 13.7. The Hall–Kier alpha value is -1.55. The van der Waals surface area contributed by atoms with Gasteiger partial charge < -0.3 is 10.1 Å². The fourth-order valence-corrected chi connectivity index (χ4v) is 2.81. The van der Waals surface area contributed by atoms with E-state index in [2.05, 4.69) is 10.1 Å². The van der Waals surface area contributed by atoms with Gasteiger partial charge in [0.25, 0.3) is 0 Å². The maximum Gasteiger partial charge on any atom is 0.461 e. The lowest BCUT2D eigenvalue weighted by atomic mass is 9.99. The molecule has 1 aliphatic heterocycles. The average molecular weight is 388 g/mol. The lowest BCUT2D eigenvalue weighted by Crippen LogP contribution is -2.45. The summed E-state index contributed by atoms with van der Waals surface area (Å²) in [6, 6.07) is 4.24. The number of alkyl halides is 7. The van der Waals surface area contributed by atoms with Gasteiger partial charge in [0, 0.05) is 38.6 Å². The Kier molecular flexibility index (Phi) is 6.73. The maximum atomic E-state index is 12.9. The molecule has 1 saturated heterocycles. The van der Waals surface area contributed by atoms with Crippen LogP contribution in [0, 0.1) is 0 Å². The maximum absolute atomic E-state index is 12.9. The highest BCUT2D eigenvalue weighted by Crippen LogP contribution is 2.33. The van der Waals surface area contributed by atoms with Crippen LogP contribution in [0.15, 0.2) is 24.3 Å². The van der Waals surface area contributed by atoms with E-state index in [1.807, 2.05) is 4.90 Å². The predicted octanol–water partition coefficient (Wildman–Crippen LogP) is 4.21. The third-order valence-corrected chi connectivity index (χ3v) is 4.07. The van der Waals surface area contributed by atoms with Crippen molar-refractivity contribution < 1.29 is 35.5 Å². The smallest absolute Gasteiger partial charge is 0.428 e. The van der Waals surface area contributed by atoms with E-state index in [1.165, 1.54) is 12.1 Å².